The van der Waals surface area contributed by atoms with Crippen molar-refractivity contribution in [3.63, 3.8) is 0 Å². The zero-order chi connectivity index (χ0) is 22.6. The van der Waals surface area contributed by atoms with Gasteiger partial charge in [-0.2, -0.15) is 0 Å². The summed E-state index contributed by atoms with van der Waals surface area (Å²) in [6, 6.07) is 6.05. The van der Waals surface area contributed by atoms with Crippen LogP contribution in [0.1, 0.15) is 63.3 Å². The lowest BCUT2D eigenvalue weighted by Crippen LogP contribution is -2.58. The molecule has 1 aromatic heterocycles. The SMILES string of the molecule is Cc1cccnc1[C@@H]1CCC[C@H]([C@@]2(C)N=C3C=CC=C(N4CCN(C5CC5)CC4)N3C2C)N1. The van der Waals surface area contributed by atoms with E-state index in [4.69, 9.17) is 9.98 Å². The van der Waals surface area contributed by atoms with Gasteiger partial charge < -0.3 is 15.1 Å². The third-order valence-corrected chi connectivity index (χ3v) is 8.75. The predicted octanol–water partition coefficient (Wildman–Crippen LogP) is 3.63. The van der Waals surface area contributed by atoms with Gasteiger partial charge in [0.05, 0.1) is 23.3 Å². The number of rotatable bonds is 4. The highest BCUT2D eigenvalue weighted by Crippen LogP contribution is 2.41. The average molecular weight is 447 g/mol. The van der Waals surface area contributed by atoms with Gasteiger partial charge in [0.25, 0.3) is 0 Å². The summed E-state index contributed by atoms with van der Waals surface area (Å²) in [5.74, 6) is 2.47. The van der Waals surface area contributed by atoms with E-state index in [0.29, 0.717) is 18.1 Å². The Morgan fingerprint density at radius 2 is 1.91 bits per heavy atom. The smallest absolute Gasteiger partial charge is 0.130 e. The Hall–Kier alpha value is -2.18. The molecule has 0 aromatic carbocycles. The monoisotopic (exact) mass is 446 g/mol. The van der Waals surface area contributed by atoms with Crippen LogP contribution in [0.3, 0.4) is 0 Å². The summed E-state index contributed by atoms with van der Waals surface area (Å²) < 4.78 is 0. The lowest BCUT2D eigenvalue weighted by molar-refractivity contribution is 0.113. The minimum atomic E-state index is -0.166. The van der Waals surface area contributed by atoms with Crippen LogP contribution in [0.25, 0.3) is 0 Å². The summed E-state index contributed by atoms with van der Waals surface area (Å²) in [4.78, 5) is 17.9. The lowest BCUT2D eigenvalue weighted by Gasteiger charge is -2.46. The summed E-state index contributed by atoms with van der Waals surface area (Å²) in [7, 11) is 0. The lowest BCUT2D eigenvalue weighted by atomic mass is 9.79. The van der Waals surface area contributed by atoms with E-state index in [1.54, 1.807) is 0 Å². The number of amidine groups is 1. The Morgan fingerprint density at radius 3 is 2.67 bits per heavy atom. The molecule has 0 spiro atoms. The first-order valence-electron chi connectivity index (χ1n) is 13.0. The minimum Gasteiger partial charge on any atom is -0.355 e. The number of allylic oxidation sites excluding steroid dienone is 2. The molecule has 4 aliphatic heterocycles. The van der Waals surface area contributed by atoms with E-state index in [2.05, 4.69) is 65.1 Å². The van der Waals surface area contributed by atoms with Crippen LogP contribution in [-0.4, -0.2) is 75.4 Å². The molecule has 176 valence electrons. The first kappa shape index (κ1) is 21.4. The number of aliphatic imine (C=N–C) groups is 1. The van der Waals surface area contributed by atoms with E-state index < -0.39 is 0 Å². The maximum Gasteiger partial charge on any atom is 0.130 e. The highest BCUT2D eigenvalue weighted by atomic mass is 15.4. The maximum absolute atomic E-state index is 5.39. The van der Waals surface area contributed by atoms with E-state index in [9.17, 15) is 0 Å². The van der Waals surface area contributed by atoms with Crippen LogP contribution in [0.4, 0.5) is 0 Å². The molecule has 0 radical (unpaired) electrons. The van der Waals surface area contributed by atoms with Gasteiger partial charge in [0, 0.05) is 44.5 Å². The molecular formula is C27H38N6. The third-order valence-electron chi connectivity index (χ3n) is 8.75. The number of hydrogen-bond acceptors (Lipinski definition) is 6. The minimum absolute atomic E-state index is 0.166. The fourth-order valence-electron chi connectivity index (χ4n) is 6.45. The molecule has 4 atom stereocenters. The fourth-order valence-corrected chi connectivity index (χ4v) is 6.45. The van der Waals surface area contributed by atoms with Crippen LogP contribution >= 0.6 is 0 Å². The van der Waals surface area contributed by atoms with E-state index >= 15 is 0 Å². The molecule has 33 heavy (non-hydrogen) atoms. The Morgan fingerprint density at radius 1 is 1.09 bits per heavy atom. The van der Waals surface area contributed by atoms with Crippen molar-refractivity contribution in [2.24, 2.45) is 4.99 Å². The van der Waals surface area contributed by atoms with E-state index in [1.807, 2.05) is 12.3 Å². The molecule has 6 nitrogen and oxygen atoms in total. The largest absolute Gasteiger partial charge is 0.355 e. The first-order valence-corrected chi connectivity index (χ1v) is 13.0. The number of piperazine rings is 1. The number of fused-ring (bicyclic) bond motifs is 1. The number of aryl methyl sites for hydroxylation is 1. The molecule has 6 heteroatoms. The van der Waals surface area contributed by atoms with Gasteiger partial charge in [-0.25, -0.2) is 0 Å². The van der Waals surface area contributed by atoms with Gasteiger partial charge in [-0.1, -0.05) is 12.1 Å². The number of nitrogens with one attached hydrogen (secondary N) is 1. The molecule has 5 aliphatic rings. The predicted molar refractivity (Wildman–Crippen MR) is 133 cm³/mol. The van der Waals surface area contributed by atoms with Crippen molar-refractivity contribution >= 4 is 5.84 Å². The fraction of sp³-hybridized carbons (Fsp3) is 0.630. The Kier molecular flexibility index (Phi) is 5.33. The quantitative estimate of drug-likeness (QED) is 0.765. The molecule has 2 saturated heterocycles. The first-order chi connectivity index (χ1) is 16.0. The molecule has 1 aliphatic carbocycles. The highest BCUT2D eigenvalue weighted by molar-refractivity contribution is 5.97. The van der Waals surface area contributed by atoms with Gasteiger partial charge in [-0.3, -0.25) is 14.9 Å². The topological polar surface area (TPSA) is 47.0 Å². The van der Waals surface area contributed by atoms with Crippen molar-refractivity contribution in [1.29, 1.82) is 0 Å². The summed E-state index contributed by atoms with van der Waals surface area (Å²) in [6.07, 6.45) is 15.0. The van der Waals surface area contributed by atoms with Crippen molar-refractivity contribution in [3.05, 3.63) is 53.6 Å². The van der Waals surface area contributed by atoms with Gasteiger partial charge in [-0.05, 0) is 76.7 Å². The molecule has 1 unspecified atom stereocenters. The number of hydrogen-bond donors (Lipinski definition) is 1. The summed E-state index contributed by atoms with van der Waals surface area (Å²) in [5, 5.41) is 3.99. The zero-order valence-corrected chi connectivity index (χ0v) is 20.4. The van der Waals surface area contributed by atoms with Crippen LogP contribution in [0.5, 0.6) is 0 Å². The van der Waals surface area contributed by atoms with Gasteiger partial charge in [-0.15, -0.1) is 0 Å². The molecule has 1 aromatic rings. The molecule has 3 fully saturated rings. The van der Waals surface area contributed by atoms with Crippen molar-refractivity contribution in [2.75, 3.05) is 26.2 Å². The van der Waals surface area contributed by atoms with Gasteiger partial charge in [0.2, 0.25) is 0 Å². The summed E-state index contributed by atoms with van der Waals surface area (Å²) in [6.45, 7) is 11.5. The zero-order valence-electron chi connectivity index (χ0n) is 20.4. The molecule has 0 amide bonds. The second-order valence-corrected chi connectivity index (χ2v) is 10.8. The van der Waals surface area contributed by atoms with Crippen LogP contribution < -0.4 is 5.32 Å². The van der Waals surface area contributed by atoms with E-state index in [0.717, 1.165) is 37.8 Å². The number of pyridine rings is 1. The second kappa shape index (κ2) is 8.24. The summed E-state index contributed by atoms with van der Waals surface area (Å²) in [5.41, 5.74) is 2.32. The Bertz CT molecular complexity index is 986. The molecule has 0 bridgehead atoms. The normalized spacial score (nSPS) is 34.8. The van der Waals surface area contributed by atoms with Crippen molar-refractivity contribution in [3.8, 4) is 0 Å². The van der Waals surface area contributed by atoms with Gasteiger partial charge in [0.1, 0.15) is 11.7 Å². The molecule has 6 rings (SSSR count). The van der Waals surface area contributed by atoms with Crippen molar-refractivity contribution < 1.29 is 0 Å². The summed E-state index contributed by atoms with van der Waals surface area (Å²) >= 11 is 0. The number of aromatic nitrogens is 1. The average Bonchev–Trinajstić information content (AvgIpc) is 3.66. The van der Waals surface area contributed by atoms with E-state index in [1.165, 1.54) is 49.4 Å². The van der Waals surface area contributed by atoms with Crippen LogP contribution in [0.15, 0.2) is 47.4 Å². The van der Waals surface area contributed by atoms with Crippen LogP contribution in [0, 0.1) is 6.92 Å². The second-order valence-electron chi connectivity index (χ2n) is 10.8. The van der Waals surface area contributed by atoms with Crippen molar-refractivity contribution in [2.45, 2.75) is 82.6 Å². The third kappa shape index (κ3) is 3.71. The van der Waals surface area contributed by atoms with E-state index in [-0.39, 0.29) is 5.54 Å². The van der Waals surface area contributed by atoms with Crippen LogP contribution in [-0.2, 0) is 0 Å². The van der Waals surface area contributed by atoms with Crippen molar-refractivity contribution in [1.82, 2.24) is 25.0 Å². The number of piperidine rings is 1. The highest BCUT2D eigenvalue weighted by Gasteiger charge is 2.50. The Balaban J connectivity index is 1.21. The van der Waals surface area contributed by atoms with Gasteiger partial charge >= 0.3 is 0 Å². The van der Waals surface area contributed by atoms with Crippen LogP contribution in [0.2, 0.25) is 0 Å². The number of nitrogens with zero attached hydrogens (tertiary/aromatic N) is 5. The molecular weight excluding hydrogens is 408 g/mol. The Labute approximate surface area is 198 Å². The standard InChI is InChI=1S/C27H38N6/c1-19-7-6-14-28-26(19)22-8-4-9-23(29-22)27(3)20(2)33-24(30-27)10-5-11-25(33)32-17-15-31(16-18-32)21-12-13-21/h5-7,10-11,14,20-23,29H,4,8-9,12-13,15-18H2,1-3H3/t20?,22-,23+,27-/m0/s1. The van der Waals surface area contributed by atoms with Gasteiger partial charge in [0.15, 0.2) is 0 Å². The molecule has 1 N–H and O–H groups in total. The maximum atomic E-state index is 5.39. The molecule has 1 saturated carbocycles. The molecule has 5 heterocycles.